The van der Waals surface area contributed by atoms with Crippen LogP contribution in [0.2, 0.25) is 0 Å². The van der Waals surface area contributed by atoms with Gasteiger partial charge in [0.25, 0.3) is 0 Å². The van der Waals surface area contributed by atoms with Gasteiger partial charge in [-0.2, -0.15) is 0 Å². The van der Waals surface area contributed by atoms with Gasteiger partial charge in [0.15, 0.2) is 8.07 Å². The van der Waals surface area contributed by atoms with Gasteiger partial charge in [0.05, 0.1) is 16.8 Å². The summed E-state index contributed by atoms with van der Waals surface area (Å²) in [4.78, 5) is 2.65. The second-order valence-electron chi connectivity index (χ2n) is 26.5. The number of anilines is 3. The molecule has 4 aliphatic heterocycles. The van der Waals surface area contributed by atoms with E-state index in [0.29, 0.717) is 35.5 Å². The lowest BCUT2D eigenvalue weighted by Crippen LogP contribution is -2.78. The van der Waals surface area contributed by atoms with Crippen LogP contribution in [0.15, 0.2) is 212 Å². The first kappa shape index (κ1) is 53.4. The SMILES string of the molecule is CC(C)c1cc(C(C)C)c(B2c3ccccc3B(c3c(C(C)C)cc(C(C)C)cc3C(C)C)c3cc(N4c5ccccc5C5(c6ccccc64)c4ccccc4[Si]4(c6ccccc6-c6ccccc64)c4ccccc45)ccc32)c(C(C)C)c1. The Morgan fingerprint density at radius 2 is 0.651 bits per heavy atom. The van der Waals surface area contributed by atoms with Gasteiger partial charge in [0.2, 0.25) is 13.4 Å². The normalized spacial score (nSPS) is 14.8. The highest BCUT2D eigenvalue weighted by atomic mass is 28.3. The van der Waals surface area contributed by atoms with Crippen LogP contribution in [-0.4, -0.2) is 21.5 Å². The van der Waals surface area contributed by atoms with Crippen LogP contribution in [-0.2, 0) is 5.41 Å². The van der Waals surface area contributed by atoms with Gasteiger partial charge in [-0.1, -0.05) is 304 Å². The molecule has 10 aromatic rings. The third-order valence-electron chi connectivity index (χ3n) is 20.0. The molecule has 0 atom stereocenters. The maximum atomic E-state index is 2.67. The number of hydrogen-bond donors (Lipinski definition) is 0. The minimum atomic E-state index is -2.84. The molecule has 0 radical (unpaired) electrons. The molecular formula is C79H77B2NSi. The highest BCUT2D eigenvalue weighted by Crippen LogP contribution is 2.58. The van der Waals surface area contributed by atoms with E-state index in [1.54, 1.807) is 0 Å². The van der Waals surface area contributed by atoms with Gasteiger partial charge < -0.3 is 4.90 Å². The Morgan fingerprint density at radius 3 is 1.06 bits per heavy atom. The third-order valence-corrected chi connectivity index (χ3v) is 25.0. The van der Waals surface area contributed by atoms with E-state index in [1.165, 1.54) is 137 Å². The number of benzene rings is 10. The largest absolute Gasteiger partial charge is 0.310 e. The zero-order valence-corrected chi connectivity index (χ0v) is 51.8. The monoisotopic (exact) mass is 1090 g/mol. The van der Waals surface area contributed by atoms with Crippen molar-refractivity contribution in [3.05, 3.63) is 268 Å². The number of hydrogen-bond acceptors (Lipinski definition) is 1. The Labute approximate surface area is 497 Å². The molecule has 10 aromatic carbocycles. The fourth-order valence-corrected chi connectivity index (χ4v) is 22.1. The summed E-state index contributed by atoms with van der Waals surface area (Å²) >= 11 is 0. The van der Waals surface area contributed by atoms with Crippen LogP contribution in [0.1, 0.15) is 174 Å². The van der Waals surface area contributed by atoms with E-state index in [1.807, 2.05) is 0 Å². The highest BCUT2D eigenvalue weighted by Gasteiger charge is 2.60. The van der Waals surface area contributed by atoms with E-state index in [2.05, 4.69) is 300 Å². The predicted octanol–water partition coefficient (Wildman–Crippen LogP) is 13.6. The first-order valence-corrected chi connectivity index (χ1v) is 33.2. The minimum absolute atomic E-state index is 0.00498. The van der Waals surface area contributed by atoms with Crippen LogP contribution in [0.4, 0.5) is 17.1 Å². The summed E-state index contributed by atoms with van der Waals surface area (Å²) in [6, 6.07) is 84.7. The maximum absolute atomic E-state index is 2.84. The fraction of sp³-hybridized carbons (Fsp3) is 0.241. The quantitative estimate of drug-likeness (QED) is 0.130. The summed E-state index contributed by atoms with van der Waals surface area (Å²) in [6.45, 7) is 28.9. The van der Waals surface area contributed by atoms with Crippen LogP contribution in [0.3, 0.4) is 0 Å². The van der Waals surface area contributed by atoms with Crippen LogP contribution in [0.5, 0.6) is 0 Å². The molecule has 0 unspecified atom stereocenters. The van der Waals surface area contributed by atoms with E-state index >= 15 is 0 Å². The van der Waals surface area contributed by atoms with Crippen LogP contribution in [0.25, 0.3) is 11.1 Å². The molecular weight excluding hydrogens is 1010 g/mol. The molecule has 0 aliphatic carbocycles. The highest BCUT2D eigenvalue weighted by molar-refractivity contribution is 7.23. The van der Waals surface area contributed by atoms with E-state index < -0.39 is 13.5 Å². The number of para-hydroxylation sites is 2. The van der Waals surface area contributed by atoms with Crippen molar-refractivity contribution in [2.24, 2.45) is 0 Å². The van der Waals surface area contributed by atoms with Gasteiger partial charge in [0.1, 0.15) is 0 Å². The molecule has 4 heterocycles. The van der Waals surface area contributed by atoms with E-state index in [9.17, 15) is 0 Å². The molecule has 408 valence electrons. The standard InChI is InChI=1S/C79H77B2NSi/c1-48(2)54-43-59(50(5)6)77(60(44-54)51(7)8)80-67-33-19-20-34-68(67)81(78-61(52(9)10)45-55(49(3)4)46-62(78)53(11)12)70-47-56(41-42-69(70)80)82-71-35-21-15-29-63(71)79(64-30-16-22-36-72(64)82)65-31-17-25-39-75(65)83(76-40-26-18-32-66(76)79)73-37-23-13-27-57(73)58-28-14-24-38-74(58)83/h13-53H,1-12H3. The average Bonchev–Trinajstić information content (AvgIpc) is 1.89. The Bertz CT molecular complexity index is 4030. The minimum Gasteiger partial charge on any atom is -0.310 e. The number of nitrogens with zero attached hydrogens (tertiary/aromatic N) is 1. The smallest absolute Gasteiger partial charge is 0.240 e. The topological polar surface area (TPSA) is 3.24 Å². The van der Waals surface area contributed by atoms with Crippen LogP contribution >= 0.6 is 0 Å². The average molecular weight is 1090 g/mol. The molecule has 14 rings (SSSR count). The molecule has 0 aromatic heterocycles. The van der Waals surface area contributed by atoms with Crippen LogP contribution in [0, 0.1) is 0 Å². The molecule has 2 spiro atoms. The predicted molar refractivity (Wildman–Crippen MR) is 362 cm³/mol. The third kappa shape index (κ3) is 7.60. The molecule has 0 bridgehead atoms. The van der Waals surface area contributed by atoms with Gasteiger partial charge in [-0.3, -0.25) is 0 Å². The second-order valence-corrected chi connectivity index (χ2v) is 30.2. The van der Waals surface area contributed by atoms with Gasteiger partial charge in [-0.25, -0.2) is 0 Å². The zero-order chi connectivity index (χ0) is 57.4. The summed E-state index contributed by atoms with van der Waals surface area (Å²) in [5.74, 6) is 2.19. The first-order chi connectivity index (χ1) is 40.2. The Hall–Kier alpha value is -7.65. The van der Waals surface area contributed by atoms with Crippen molar-refractivity contribution in [1.82, 2.24) is 0 Å². The second kappa shape index (κ2) is 20.0. The van der Waals surface area contributed by atoms with Crippen molar-refractivity contribution < 1.29 is 0 Å². The van der Waals surface area contributed by atoms with Gasteiger partial charge in [-0.05, 0) is 147 Å². The van der Waals surface area contributed by atoms with E-state index in [4.69, 9.17) is 0 Å². The van der Waals surface area contributed by atoms with Crippen molar-refractivity contribution in [1.29, 1.82) is 0 Å². The molecule has 83 heavy (non-hydrogen) atoms. The Balaban J connectivity index is 1.07. The fourth-order valence-electron chi connectivity index (χ4n) is 16.4. The molecule has 0 amide bonds. The molecule has 0 fully saturated rings. The Kier molecular flexibility index (Phi) is 12.9. The lowest BCUT2D eigenvalue weighted by Gasteiger charge is -2.53. The van der Waals surface area contributed by atoms with Crippen molar-refractivity contribution in [2.45, 2.75) is 124 Å². The maximum Gasteiger partial charge on any atom is 0.240 e. The summed E-state index contributed by atoms with van der Waals surface area (Å²) in [7, 11) is -2.84. The van der Waals surface area contributed by atoms with Gasteiger partial charge >= 0.3 is 0 Å². The molecule has 0 saturated carbocycles. The molecule has 4 aliphatic rings. The summed E-state index contributed by atoms with van der Waals surface area (Å²) in [5, 5.41) is 5.97. The van der Waals surface area contributed by atoms with Crippen molar-refractivity contribution in [3.8, 4) is 11.1 Å². The molecule has 1 nitrogen and oxygen atoms in total. The van der Waals surface area contributed by atoms with Crippen molar-refractivity contribution in [3.63, 3.8) is 0 Å². The Morgan fingerprint density at radius 1 is 0.313 bits per heavy atom. The van der Waals surface area contributed by atoms with E-state index in [0.717, 1.165) is 0 Å². The van der Waals surface area contributed by atoms with Crippen molar-refractivity contribution in [2.75, 3.05) is 4.90 Å². The zero-order valence-electron chi connectivity index (χ0n) is 50.8. The molecule has 4 heteroatoms. The number of fused-ring (bicyclic) bond motifs is 17. The van der Waals surface area contributed by atoms with E-state index in [-0.39, 0.29) is 13.4 Å². The summed E-state index contributed by atoms with van der Waals surface area (Å²) in [5.41, 5.74) is 28.7. The molecule has 0 N–H and O–H groups in total. The van der Waals surface area contributed by atoms with Crippen molar-refractivity contribution >= 4 is 92.1 Å². The lowest BCUT2D eigenvalue weighted by atomic mass is 9.20. The van der Waals surface area contributed by atoms with Gasteiger partial charge in [0, 0.05) is 5.69 Å². The summed E-state index contributed by atoms with van der Waals surface area (Å²) in [6.07, 6.45) is 0. The first-order valence-electron chi connectivity index (χ1n) is 31.2. The van der Waals surface area contributed by atoms with Crippen LogP contribution < -0.4 is 58.4 Å². The number of rotatable bonds is 9. The summed E-state index contributed by atoms with van der Waals surface area (Å²) < 4.78 is 0. The lowest BCUT2D eigenvalue weighted by molar-refractivity contribution is 0.736. The molecule has 0 saturated heterocycles. The van der Waals surface area contributed by atoms with Gasteiger partial charge in [-0.15, -0.1) is 0 Å².